The van der Waals surface area contributed by atoms with Crippen LogP contribution in [0.25, 0.3) is 0 Å². The molecule has 1 aliphatic rings. The molecule has 1 aliphatic carbocycles. The first-order valence-electron chi connectivity index (χ1n) is 5.34. The number of nitrogens with zero attached hydrogens (tertiary/aromatic N) is 2. The van der Waals surface area contributed by atoms with Gasteiger partial charge in [-0.2, -0.15) is 10.2 Å². The second kappa shape index (κ2) is 5.55. The van der Waals surface area contributed by atoms with Crippen molar-refractivity contribution >= 4 is 24.3 Å². The van der Waals surface area contributed by atoms with E-state index in [0.717, 1.165) is 12.8 Å². The Morgan fingerprint density at radius 3 is 3.12 bits per heavy atom. The lowest BCUT2D eigenvalue weighted by Gasteiger charge is -2.11. The van der Waals surface area contributed by atoms with E-state index in [9.17, 15) is 0 Å². The molecule has 0 fully saturated rings. The Kier molecular flexibility index (Phi) is 3.82. The van der Waals surface area contributed by atoms with E-state index in [1.54, 1.807) is 12.1 Å². The summed E-state index contributed by atoms with van der Waals surface area (Å²) < 4.78 is 0.618. The highest BCUT2D eigenvalue weighted by atomic mass is 32.1. The molecule has 0 aliphatic heterocycles. The molecule has 0 radical (unpaired) electrons. The minimum atomic E-state index is 0.541. The molecular formula is C11H14N4S. The molecule has 1 aromatic heterocycles. The molecule has 0 saturated heterocycles. The molecule has 1 heterocycles. The molecule has 5 heteroatoms. The standard InChI is InChI=1S/C11H14N4S/c16-11-7-6-10(14-15-11)13-12-8-9-4-2-1-3-5-9/h1-2,6-9H,3-5H2,(H,13,14)(H,15,16)/b12-8+. The van der Waals surface area contributed by atoms with Gasteiger partial charge in [-0.3, -0.25) is 10.5 Å². The molecule has 2 rings (SSSR count). The number of hydrogen-bond acceptors (Lipinski definition) is 4. The average molecular weight is 234 g/mol. The van der Waals surface area contributed by atoms with E-state index in [4.69, 9.17) is 12.2 Å². The zero-order valence-electron chi connectivity index (χ0n) is 8.89. The van der Waals surface area contributed by atoms with Crippen LogP contribution in [-0.4, -0.2) is 16.4 Å². The summed E-state index contributed by atoms with van der Waals surface area (Å²) in [4.78, 5) is 0. The molecular weight excluding hydrogens is 220 g/mol. The zero-order chi connectivity index (χ0) is 11.2. The first-order chi connectivity index (χ1) is 7.84. The summed E-state index contributed by atoms with van der Waals surface area (Å²) in [6, 6.07) is 3.58. The molecule has 0 saturated carbocycles. The number of allylic oxidation sites excluding steroid dienone is 2. The van der Waals surface area contributed by atoms with Crippen molar-refractivity contribution in [1.29, 1.82) is 0 Å². The smallest absolute Gasteiger partial charge is 0.166 e. The van der Waals surface area contributed by atoms with Gasteiger partial charge < -0.3 is 0 Å². The van der Waals surface area contributed by atoms with Crippen LogP contribution >= 0.6 is 12.2 Å². The monoisotopic (exact) mass is 234 g/mol. The summed E-state index contributed by atoms with van der Waals surface area (Å²) in [5.74, 6) is 1.22. The fourth-order valence-corrected chi connectivity index (χ4v) is 1.68. The third kappa shape index (κ3) is 3.27. The highest BCUT2D eigenvalue weighted by Gasteiger charge is 2.05. The predicted molar refractivity (Wildman–Crippen MR) is 68.0 cm³/mol. The normalized spacial score (nSPS) is 20.1. The number of hydrogen-bond donors (Lipinski definition) is 2. The zero-order valence-corrected chi connectivity index (χ0v) is 9.70. The number of rotatable bonds is 3. The summed E-state index contributed by atoms with van der Waals surface area (Å²) in [6.45, 7) is 0. The summed E-state index contributed by atoms with van der Waals surface area (Å²) in [5, 5.41) is 10.9. The Bertz CT molecular complexity index is 429. The Morgan fingerprint density at radius 1 is 1.50 bits per heavy atom. The molecule has 1 unspecified atom stereocenters. The van der Waals surface area contributed by atoms with Gasteiger partial charge in [0.15, 0.2) is 5.82 Å². The molecule has 84 valence electrons. The third-order valence-electron chi connectivity index (χ3n) is 2.45. The molecule has 1 atom stereocenters. The van der Waals surface area contributed by atoms with E-state index >= 15 is 0 Å². The van der Waals surface area contributed by atoms with Gasteiger partial charge in [0.1, 0.15) is 4.64 Å². The van der Waals surface area contributed by atoms with Gasteiger partial charge in [0.2, 0.25) is 0 Å². The molecule has 4 nitrogen and oxygen atoms in total. The maximum absolute atomic E-state index is 4.89. The van der Waals surface area contributed by atoms with E-state index in [1.165, 1.54) is 6.42 Å². The summed E-state index contributed by atoms with van der Waals surface area (Å²) in [6.07, 6.45) is 9.77. The molecule has 0 spiro atoms. The highest BCUT2D eigenvalue weighted by Crippen LogP contribution is 2.15. The van der Waals surface area contributed by atoms with Gasteiger partial charge in [0.05, 0.1) is 0 Å². The summed E-state index contributed by atoms with van der Waals surface area (Å²) >= 11 is 4.89. The lowest BCUT2D eigenvalue weighted by atomic mass is 9.96. The second-order valence-electron chi connectivity index (χ2n) is 3.74. The van der Waals surface area contributed by atoms with Crippen LogP contribution in [0.15, 0.2) is 29.4 Å². The molecule has 2 N–H and O–H groups in total. The van der Waals surface area contributed by atoms with Crippen molar-refractivity contribution in [2.24, 2.45) is 11.0 Å². The Hall–Kier alpha value is -1.49. The Labute approximate surface area is 99.5 Å². The first kappa shape index (κ1) is 11.0. The van der Waals surface area contributed by atoms with Crippen LogP contribution < -0.4 is 5.43 Å². The van der Waals surface area contributed by atoms with Gasteiger partial charge >= 0.3 is 0 Å². The van der Waals surface area contributed by atoms with Crippen molar-refractivity contribution in [2.45, 2.75) is 19.3 Å². The maximum atomic E-state index is 4.89. The van der Waals surface area contributed by atoms with Gasteiger partial charge in [-0.25, -0.2) is 0 Å². The average Bonchev–Trinajstić information content (AvgIpc) is 2.33. The molecule has 0 amide bonds. The maximum Gasteiger partial charge on any atom is 0.166 e. The number of aromatic amines is 1. The van der Waals surface area contributed by atoms with Crippen LogP contribution in [0.2, 0.25) is 0 Å². The number of aromatic nitrogens is 2. The quantitative estimate of drug-likeness (QED) is 0.366. The van der Waals surface area contributed by atoms with Crippen LogP contribution in [0.5, 0.6) is 0 Å². The Morgan fingerprint density at radius 2 is 2.44 bits per heavy atom. The lowest BCUT2D eigenvalue weighted by molar-refractivity contribution is 0.627. The van der Waals surface area contributed by atoms with Crippen LogP contribution in [0.1, 0.15) is 19.3 Å². The molecule has 0 bridgehead atoms. The minimum absolute atomic E-state index is 0.541. The van der Waals surface area contributed by atoms with Crippen molar-refractivity contribution in [3.05, 3.63) is 28.9 Å². The predicted octanol–water partition coefficient (Wildman–Crippen LogP) is 2.89. The molecule has 0 aromatic carbocycles. The fourth-order valence-electron chi connectivity index (χ4n) is 1.57. The lowest BCUT2D eigenvalue weighted by Crippen LogP contribution is -2.05. The minimum Gasteiger partial charge on any atom is -0.266 e. The van der Waals surface area contributed by atoms with Crippen LogP contribution in [0.4, 0.5) is 5.82 Å². The van der Waals surface area contributed by atoms with Gasteiger partial charge in [0.25, 0.3) is 0 Å². The van der Waals surface area contributed by atoms with E-state index in [1.807, 2.05) is 6.21 Å². The van der Waals surface area contributed by atoms with Crippen molar-refractivity contribution in [2.75, 3.05) is 5.43 Å². The van der Waals surface area contributed by atoms with Crippen LogP contribution in [-0.2, 0) is 0 Å². The SMILES string of the molecule is S=c1ccc(N/N=C/C2CC=CCC2)n[nH]1. The van der Waals surface area contributed by atoms with Gasteiger partial charge in [-0.15, -0.1) is 0 Å². The van der Waals surface area contributed by atoms with E-state index < -0.39 is 0 Å². The van der Waals surface area contributed by atoms with Gasteiger partial charge in [0, 0.05) is 6.21 Å². The Balaban J connectivity index is 1.86. The second-order valence-corrected chi connectivity index (χ2v) is 4.18. The van der Waals surface area contributed by atoms with E-state index in [-0.39, 0.29) is 0 Å². The highest BCUT2D eigenvalue weighted by molar-refractivity contribution is 7.71. The molecule has 1 aromatic rings. The van der Waals surface area contributed by atoms with Crippen LogP contribution in [0.3, 0.4) is 0 Å². The summed E-state index contributed by atoms with van der Waals surface area (Å²) in [7, 11) is 0. The van der Waals surface area contributed by atoms with Crippen molar-refractivity contribution in [3.8, 4) is 0 Å². The van der Waals surface area contributed by atoms with Gasteiger partial charge in [-0.05, 0) is 37.3 Å². The topological polar surface area (TPSA) is 53.1 Å². The van der Waals surface area contributed by atoms with E-state index in [0.29, 0.717) is 16.4 Å². The largest absolute Gasteiger partial charge is 0.266 e. The third-order valence-corrected chi connectivity index (χ3v) is 2.68. The van der Waals surface area contributed by atoms with E-state index in [2.05, 4.69) is 32.9 Å². The summed E-state index contributed by atoms with van der Waals surface area (Å²) in [5.41, 5.74) is 2.88. The number of hydrazone groups is 1. The van der Waals surface area contributed by atoms with Crippen molar-refractivity contribution in [1.82, 2.24) is 10.2 Å². The van der Waals surface area contributed by atoms with Crippen molar-refractivity contribution in [3.63, 3.8) is 0 Å². The van der Waals surface area contributed by atoms with Crippen molar-refractivity contribution < 1.29 is 0 Å². The number of nitrogens with one attached hydrogen (secondary N) is 2. The number of anilines is 1. The fraction of sp³-hybridized carbons (Fsp3) is 0.364. The van der Waals surface area contributed by atoms with Crippen LogP contribution in [0, 0.1) is 10.6 Å². The first-order valence-corrected chi connectivity index (χ1v) is 5.75. The number of H-pyrrole nitrogens is 1. The molecule has 16 heavy (non-hydrogen) atoms. The van der Waals surface area contributed by atoms with Gasteiger partial charge in [-0.1, -0.05) is 24.4 Å².